The fraction of sp³-hybridized carbons (Fsp3) is 0.913. The van der Waals surface area contributed by atoms with Crippen molar-refractivity contribution in [1.82, 2.24) is 0 Å². The van der Waals surface area contributed by atoms with Crippen molar-refractivity contribution in [2.75, 3.05) is 0 Å². The molecule has 0 aromatic heterocycles. The lowest BCUT2D eigenvalue weighted by molar-refractivity contribution is -0.115. The van der Waals surface area contributed by atoms with Crippen LogP contribution < -0.4 is 0 Å². The molecule has 148 valence electrons. The van der Waals surface area contributed by atoms with Gasteiger partial charge in [-0.05, 0) is 107 Å². The highest BCUT2D eigenvalue weighted by atomic mass is 28.4. The van der Waals surface area contributed by atoms with Gasteiger partial charge in [-0.2, -0.15) is 0 Å². The third-order valence-electron chi connectivity index (χ3n) is 9.14. The smallest absolute Gasteiger partial charge is 0.184 e. The van der Waals surface area contributed by atoms with Gasteiger partial charge in [-0.15, -0.1) is 0 Å². The van der Waals surface area contributed by atoms with Crippen LogP contribution in [-0.4, -0.2) is 25.1 Å². The van der Waals surface area contributed by atoms with Crippen molar-refractivity contribution in [3.63, 3.8) is 0 Å². The zero-order valence-corrected chi connectivity index (χ0v) is 18.9. The summed E-state index contributed by atoms with van der Waals surface area (Å²) < 4.78 is 6.49. The normalized spacial score (nSPS) is 51.3. The first-order valence-corrected chi connectivity index (χ1v) is 14.5. The molecule has 0 spiro atoms. The van der Waals surface area contributed by atoms with Crippen molar-refractivity contribution >= 4 is 8.32 Å². The average Bonchev–Trinajstić information content (AvgIpc) is 2.76. The number of fused-ring (bicyclic) bond motifs is 5. The molecule has 0 aromatic carbocycles. The van der Waals surface area contributed by atoms with Crippen LogP contribution in [0.1, 0.15) is 72.1 Å². The van der Waals surface area contributed by atoms with Crippen LogP contribution >= 0.6 is 0 Å². The summed E-state index contributed by atoms with van der Waals surface area (Å²) in [4.78, 5) is 0. The molecule has 3 heteroatoms. The van der Waals surface area contributed by atoms with Gasteiger partial charge in [0.05, 0.1) is 5.60 Å². The molecule has 0 amide bonds. The summed E-state index contributed by atoms with van der Waals surface area (Å²) in [6, 6.07) is 0. The van der Waals surface area contributed by atoms with Gasteiger partial charge in [0, 0.05) is 6.10 Å². The number of rotatable bonds is 2. The van der Waals surface area contributed by atoms with E-state index in [0.29, 0.717) is 17.4 Å². The Morgan fingerprint density at radius 3 is 2.38 bits per heavy atom. The third-order valence-corrected chi connectivity index (χ3v) is 10.2. The van der Waals surface area contributed by atoms with Crippen molar-refractivity contribution in [2.45, 2.75) is 103 Å². The lowest BCUT2D eigenvalue weighted by Gasteiger charge is -2.59. The maximum Gasteiger partial charge on any atom is 0.184 e. The van der Waals surface area contributed by atoms with Gasteiger partial charge in [0.2, 0.25) is 0 Å². The van der Waals surface area contributed by atoms with Gasteiger partial charge in [-0.25, -0.2) is 0 Å². The van der Waals surface area contributed by atoms with Gasteiger partial charge >= 0.3 is 0 Å². The zero-order valence-electron chi connectivity index (χ0n) is 17.9. The molecular formula is C23H40O2Si. The van der Waals surface area contributed by atoms with E-state index >= 15 is 0 Å². The predicted molar refractivity (Wildman–Crippen MR) is 111 cm³/mol. The molecule has 7 unspecified atom stereocenters. The highest BCUT2D eigenvalue weighted by Crippen LogP contribution is 2.67. The Bertz CT molecular complexity index is 604. The first-order chi connectivity index (χ1) is 12.0. The second-order valence-electron chi connectivity index (χ2n) is 11.6. The van der Waals surface area contributed by atoms with Gasteiger partial charge in [0.15, 0.2) is 8.32 Å². The van der Waals surface area contributed by atoms with E-state index in [4.69, 9.17) is 4.43 Å². The summed E-state index contributed by atoms with van der Waals surface area (Å²) in [5.74, 6) is 2.31. The molecule has 0 saturated heterocycles. The summed E-state index contributed by atoms with van der Waals surface area (Å²) in [7, 11) is -1.46. The van der Waals surface area contributed by atoms with Crippen LogP contribution in [0.2, 0.25) is 19.6 Å². The maximum atomic E-state index is 11.1. The van der Waals surface area contributed by atoms with E-state index in [0.717, 1.165) is 18.3 Å². The number of hydrogen-bond acceptors (Lipinski definition) is 2. The fourth-order valence-corrected chi connectivity index (χ4v) is 8.67. The molecule has 0 radical (unpaired) electrons. The highest BCUT2D eigenvalue weighted by molar-refractivity contribution is 6.69. The molecule has 7 atom stereocenters. The molecule has 4 aliphatic carbocycles. The topological polar surface area (TPSA) is 29.5 Å². The van der Waals surface area contributed by atoms with Crippen molar-refractivity contribution < 1.29 is 9.53 Å². The maximum absolute atomic E-state index is 11.1. The molecule has 2 nitrogen and oxygen atoms in total. The molecule has 4 rings (SSSR count). The van der Waals surface area contributed by atoms with Crippen LogP contribution in [0.5, 0.6) is 0 Å². The van der Waals surface area contributed by atoms with Crippen molar-refractivity contribution in [2.24, 2.45) is 28.6 Å². The predicted octanol–water partition coefficient (Wildman–Crippen LogP) is 5.92. The highest BCUT2D eigenvalue weighted by Gasteiger charge is 2.62. The molecule has 3 fully saturated rings. The van der Waals surface area contributed by atoms with Crippen LogP contribution in [0.15, 0.2) is 11.6 Å². The van der Waals surface area contributed by atoms with Crippen LogP contribution in [0, 0.1) is 28.6 Å². The Labute approximate surface area is 161 Å². The Morgan fingerprint density at radius 2 is 1.69 bits per heavy atom. The van der Waals surface area contributed by atoms with E-state index in [2.05, 4.69) is 46.5 Å². The van der Waals surface area contributed by atoms with Crippen LogP contribution in [0.4, 0.5) is 0 Å². The van der Waals surface area contributed by atoms with E-state index in [1.165, 1.54) is 44.9 Å². The lowest BCUT2D eigenvalue weighted by atomic mass is 9.47. The molecule has 26 heavy (non-hydrogen) atoms. The summed E-state index contributed by atoms with van der Waals surface area (Å²) >= 11 is 0. The summed E-state index contributed by atoms with van der Waals surface area (Å²) in [5, 5.41) is 11.1. The quantitative estimate of drug-likeness (QED) is 0.479. The average molecular weight is 377 g/mol. The lowest BCUT2D eigenvalue weighted by Crippen LogP contribution is -2.54. The molecule has 1 N–H and O–H groups in total. The van der Waals surface area contributed by atoms with Gasteiger partial charge in [-0.3, -0.25) is 0 Å². The molecule has 0 aromatic rings. The number of aliphatic hydroxyl groups is 1. The van der Waals surface area contributed by atoms with Gasteiger partial charge in [-0.1, -0.05) is 25.5 Å². The third kappa shape index (κ3) is 2.79. The van der Waals surface area contributed by atoms with E-state index in [1.807, 2.05) is 0 Å². The van der Waals surface area contributed by atoms with E-state index in [1.54, 1.807) is 5.57 Å². The van der Waals surface area contributed by atoms with E-state index in [-0.39, 0.29) is 5.41 Å². The van der Waals surface area contributed by atoms with Crippen LogP contribution in [0.25, 0.3) is 0 Å². The Morgan fingerprint density at radius 1 is 1.00 bits per heavy atom. The first kappa shape index (κ1) is 19.2. The molecule has 3 saturated carbocycles. The monoisotopic (exact) mass is 376 g/mol. The minimum Gasteiger partial charge on any atom is -0.414 e. The summed E-state index contributed by atoms with van der Waals surface area (Å²) in [6.07, 6.45) is 12.8. The minimum atomic E-state index is -1.46. The minimum absolute atomic E-state index is 0.133. The van der Waals surface area contributed by atoms with Crippen molar-refractivity contribution in [1.29, 1.82) is 0 Å². The summed E-state index contributed by atoms with van der Waals surface area (Å²) in [6.45, 7) is 14.0. The Balaban J connectivity index is 1.58. The zero-order chi connectivity index (χ0) is 19.0. The molecule has 0 heterocycles. The fourth-order valence-electron chi connectivity index (χ4n) is 7.47. The van der Waals surface area contributed by atoms with E-state index < -0.39 is 13.9 Å². The largest absolute Gasteiger partial charge is 0.414 e. The van der Waals surface area contributed by atoms with E-state index in [9.17, 15) is 5.11 Å². The van der Waals surface area contributed by atoms with Gasteiger partial charge < -0.3 is 9.53 Å². The van der Waals surface area contributed by atoms with Crippen LogP contribution in [-0.2, 0) is 4.43 Å². The van der Waals surface area contributed by atoms with Crippen molar-refractivity contribution in [3.05, 3.63) is 11.6 Å². The molecule has 0 aliphatic heterocycles. The number of allylic oxidation sites excluding steroid dienone is 1. The second-order valence-corrected chi connectivity index (χ2v) is 16.1. The Kier molecular flexibility index (Phi) is 4.39. The second kappa shape index (κ2) is 5.94. The molecular weight excluding hydrogens is 336 g/mol. The number of hydrogen-bond donors (Lipinski definition) is 1. The van der Waals surface area contributed by atoms with Gasteiger partial charge in [0.25, 0.3) is 0 Å². The summed E-state index contributed by atoms with van der Waals surface area (Å²) in [5.41, 5.74) is 1.77. The Hall–Kier alpha value is -0.123. The molecule has 0 bridgehead atoms. The SMILES string of the molecule is CC12CCC(O[Si](C)(C)C)CC1=CCC1C2CCC2(C)C1CCC2(C)O. The standard InChI is InChI=1S/C23H40O2Si/c1-21-12-9-17(25-26(4,5)6)15-16(21)7-8-18-19(21)10-13-22(2)20(18)11-14-23(22,3)24/h7,17-20,24H,8-15H2,1-6H3. The molecule has 4 aliphatic rings. The van der Waals surface area contributed by atoms with Crippen molar-refractivity contribution in [3.8, 4) is 0 Å². The van der Waals surface area contributed by atoms with Gasteiger partial charge in [0.1, 0.15) is 0 Å². The van der Waals surface area contributed by atoms with Crippen LogP contribution in [0.3, 0.4) is 0 Å². The first-order valence-electron chi connectivity index (χ1n) is 11.1.